The molecule has 2 N–H and O–H groups in total. The van der Waals surface area contributed by atoms with Crippen LogP contribution in [0.5, 0.6) is 0 Å². The van der Waals surface area contributed by atoms with Crippen molar-refractivity contribution in [3.05, 3.63) is 30.1 Å². The number of hydrogen-bond donors (Lipinski definition) is 2. The summed E-state index contributed by atoms with van der Waals surface area (Å²) in [5.74, 6) is 0.455. The maximum absolute atomic E-state index is 12.6. The summed E-state index contributed by atoms with van der Waals surface area (Å²) in [5, 5.41) is 12.7. The zero-order chi connectivity index (χ0) is 12.1. The molecule has 1 atom stereocenters. The summed E-state index contributed by atoms with van der Waals surface area (Å²) in [5.41, 5.74) is 0.799. The number of aliphatic hydroxyl groups is 1. The molecule has 1 aromatic rings. The molecule has 0 aliphatic heterocycles. The Morgan fingerprint density at radius 3 is 2.71 bits per heavy atom. The van der Waals surface area contributed by atoms with Crippen LogP contribution in [0.1, 0.15) is 12.8 Å². The van der Waals surface area contributed by atoms with Gasteiger partial charge in [-0.1, -0.05) is 0 Å². The van der Waals surface area contributed by atoms with E-state index in [0.717, 1.165) is 12.3 Å². The third-order valence-electron chi connectivity index (χ3n) is 2.75. The van der Waals surface area contributed by atoms with Crippen molar-refractivity contribution in [2.75, 3.05) is 25.1 Å². The van der Waals surface area contributed by atoms with E-state index in [1.165, 1.54) is 25.0 Å². The number of ether oxygens (including phenoxy) is 1. The second-order valence-corrected chi connectivity index (χ2v) is 4.52. The minimum absolute atomic E-state index is 0.260. The van der Waals surface area contributed by atoms with Crippen molar-refractivity contribution < 1.29 is 14.2 Å². The summed E-state index contributed by atoms with van der Waals surface area (Å²) in [6.07, 6.45) is 1.98. The van der Waals surface area contributed by atoms with Gasteiger partial charge in [-0.25, -0.2) is 4.39 Å². The average Bonchev–Trinajstić information content (AvgIpc) is 3.12. The predicted octanol–water partition coefficient (Wildman–Crippen LogP) is 2.03. The third kappa shape index (κ3) is 4.71. The molecule has 1 aliphatic rings. The molecular weight excluding hydrogens is 221 g/mol. The smallest absolute Gasteiger partial charge is 0.123 e. The monoisotopic (exact) mass is 239 g/mol. The van der Waals surface area contributed by atoms with E-state index in [1.54, 1.807) is 12.1 Å². The molecule has 2 rings (SSSR count). The molecule has 1 aliphatic carbocycles. The number of rotatable bonds is 7. The van der Waals surface area contributed by atoms with Crippen molar-refractivity contribution in [3.63, 3.8) is 0 Å². The number of hydrogen-bond acceptors (Lipinski definition) is 3. The molecule has 94 valence electrons. The standard InChI is InChI=1S/C13H18FNO2/c14-11-3-5-12(6-4-11)15-7-13(16)9-17-8-10-1-2-10/h3-6,10,13,15-16H,1-2,7-9H2. The lowest BCUT2D eigenvalue weighted by molar-refractivity contribution is 0.0386. The van der Waals surface area contributed by atoms with Crippen molar-refractivity contribution in [2.24, 2.45) is 5.92 Å². The lowest BCUT2D eigenvalue weighted by Gasteiger charge is -2.13. The molecule has 1 saturated carbocycles. The molecule has 0 amide bonds. The van der Waals surface area contributed by atoms with Crippen molar-refractivity contribution in [2.45, 2.75) is 18.9 Å². The third-order valence-corrected chi connectivity index (χ3v) is 2.75. The summed E-state index contributed by atoms with van der Waals surface area (Å²) < 4.78 is 18.0. The first-order valence-corrected chi connectivity index (χ1v) is 5.99. The Balaban J connectivity index is 1.60. The number of aliphatic hydroxyl groups excluding tert-OH is 1. The van der Waals surface area contributed by atoms with Gasteiger partial charge in [0.1, 0.15) is 5.82 Å². The van der Waals surface area contributed by atoms with Crippen molar-refractivity contribution in [1.82, 2.24) is 0 Å². The Morgan fingerprint density at radius 1 is 1.35 bits per heavy atom. The van der Waals surface area contributed by atoms with E-state index in [-0.39, 0.29) is 5.82 Å². The van der Waals surface area contributed by atoms with Crippen LogP contribution in [0, 0.1) is 11.7 Å². The Kier molecular flexibility index (Phi) is 4.34. The molecule has 0 saturated heterocycles. The van der Waals surface area contributed by atoms with E-state index in [9.17, 15) is 9.50 Å². The molecule has 0 bridgehead atoms. The van der Waals surface area contributed by atoms with Crippen LogP contribution in [0.4, 0.5) is 10.1 Å². The molecule has 0 radical (unpaired) electrons. The fraction of sp³-hybridized carbons (Fsp3) is 0.538. The van der Waals surface area contributed by atoms with Gasteiger partial charge in [0.25, 0.3) is 0 Å². The van der Waals surface area contributed by atoms with Gasteiger partial charge in [-0.2, -0.15) is 0 Å². The van der Waals surface area contributed by atoms with Crippen LogP contribution >= 0.6 is 0 Å². The van der Waals surface area contributed by atoms with Gasteiger partial charge < -0.3 is 15.2 Å². The maximum atomic E-state index is 12.6. The lowest BCUT2D eigenvalue weighted by atomic mass is 10.3. The van der Waals surface area contributed by atoms with E-state index in [2.05, 4.69) is 5.32 Å². The van der Waals surface area contributed by atoms with E-state index in [0.29, 0.717) is 19.1 Å². The largest absolute Gasteiger partial charge is 0.389 e. The van der Waals surface area contributed by atoms with Crippen LogP contribution in [0.25, 0.3) is 0 Å². The van der Waals surface area contributed by atoms with Gasteiger partial charge >= 0.3 is 0 Å². The normalized spacial score (nSPS) is 16.8. The quantitative estimate of drug-likeness (QED) is 0.765. The second kappa shape index (κ2) is 5.98. The van der Waals surface area contributed by atoms with Crippen LogP contribution in [0.2, 0.25) is 0 Å². The SMILES string of the molecule is OC(CNc1ccc(F)cc1)COCC1CC1. The number of nitrogens with one attached hydrogen (secondary N) is 1. The highest BCUT2D eigenvalue weighted by molar-refractivity contribution is 5.42. The topological polar surface area (TPSA) is 41.5 Å². The zero-order valence-corrected chi connectivity index (χ0v) is 9.73. The van der Waals surface area contributed by atoms with Crippen molar-refractivity contribution >= 4 is 5.69 Å². The first-order chi connectivity index (χ1) is 8.24. The molecule has 17 heavy (non-hydrogen) atoms. The van der Waals surface area contributed by atoms with Crippen LogP contribution in [0.3, 0.4) is 0 Å². The van der Waals surface area contributed by atoms with Crippen molar-refractivity contribution in [1.29, 1.82) is 0 Å². The average molecular weight is 239 g/mol. The molecule has 0 spiro atoms. The van der Waals surface area contributed by atoms with Crippen LogP contribution in [0.15, 0.2) is 24.3 Å². The van der Waals surface area contributed by atoms with Gasteiger partial charge in [-0.15, -0.1) is 0 Å². The van der Waals surface area contributed by atoms with Crippen LogP contribution in [-0.2, 0) is 4.74 Å². The minimum Gasteiger partial charge on any atom is -0.389 e. The van der Waals surface area contributed by atoms with Gasteiger partial charge in [-0.05, 0) is 43.0 Å². The molecule has 1 aromatic carbocycles. The molecule has 0 aromatic heterocycles. The first kappa shape index (κ1) is 12.3. The Hall–Kier alpha value is -1.13. The summed E-state index contributed by atoms with van der Waals surface area (Å²) in [6.45, 7) is 1.52. The summed E-state index contributed by atoms with van der Waals surface area (Å²) in [6, 6.07) is 6.07. The van der Waals surface area contributed by atoms with E-state index < -0.39 is 6.10 Å². The van der Waals surface area contributed by atoms with Gasteiger partial charge in [0, 0.05) is 18.8 Å². The highest BCUT2D eigenvalue weighted by Crippen LogP contribution is 2.28. The second-order valence-electron chi connectivity index (χ2n) is 4.52. The number of halogens is 1. The van der Waals surface area contributed by atoms with Gasteiger partial charge in [0.05, 0.1) is 12.7 Å². The fourth-order valence-electron chi connectivity index (χ4n) is 1.52. The predicted molar refractivity (Wildman–Crippen MR) is 64.4 cm³/mol. The van der Waals surface area contributed by atoms with Crippen LogP contribution < -0.4 is 5.32 Å². The minimum atomic E-state index is -0.529. The number of benzene rings is 1. The zero-order valence-electron chi connectivity index (χ0n) is 9.73. The van der Waals surface area contributed by atoms with E-state index in [1.807, 2.05) is 0 Å². The Morgan fingerprint density at radius 2 is 2.06 bits per heavy atom. The molecule has 1 unspecified atom stereocenters. The van der Waals surface area contributed by atoms with Crippen LogP contribution in [-0.4, -0.2) is 31.0 Å². The Labute approximate surface area is 101 Å². The molecule has 0 heterocycles. The molecule has 3 nitrogen and oxygen atoms in total. The Bertz CT molecular complexity index is 338. The van der Waals surface area contributed by atoms with Crippen molar-refractivity contribution in [3.8, 4) is 0 Å². The fourth-order valence-corrected chi connectivity index (χ4v) is 1.52. The van der Waals surface area contributed by atoms with E-state index >= 15 is 0 Å². The van der Waals surface area contributed by atoms with Gasteiger partial charge in [0.2, 0.25) is 0 Å². The molecule has 4 heteroatoms. The summed E-state index contributed by atoms with van der Waals surface area (Å²) in [7, 11) is 0. The first-order valence-electron chi connectivity index (χ1n) is 5.99. The summed E-state index contributed by atoms with van der Waals surface area (Å²) in [4.78, 5) is 0. The maximum Gasteiger partial charge on any atom is 0.123 e. The van der Waals surface area contributed by atoms with Gasteiger partial charge in [-0.3, -0.25) is 0 Å². The lowest BCUT2D eigenvalue weighted by Crippen LogP contribution is -2.25. The summed E-state index contributed by atoms with van der Waals surface area (Å²) >= 11 is 0. The number of anilines is 1. The highest BCUT2D eigenvalue weighted by Gasteiger charge is 2.21. The highest BCUT2D eigenvalue weighted by atomic mass is 19.1. The van der Waals surface area contributed by atoms with Gasteiger partial charge in [0.15, 0.2) is 0 Å². The molecule has 1 fully saturated rings. The molecular formula is C13H18FNO2. The van der Waals surface area contributed by atoms with E-state index in [4.69, 9.17) is 4.74 Å².